The van der Waals surface area contributed by atoms with Crippen molar-refractivity contribution in [3.05, 3.63) is 0 Å². The van der Waals surface area contributed by atoms with Crippen LogP contribution < -0.4 is 11.5 Å². The van der Waals surface area contributed by atoms with Gasteiger partial charge in [0.05, 0.1) is 0 Å². The van der Waals surface area contributed by atoms with E-state index in [9.17, 15) is 13.2 Å². The Morgan fingerprint density at radius 2 is 2.00 bits per heavy atom. The van der Waals surface area contributed by atoms with Gasteiger partial charge in [0.1, 0.15) is 6.07 Å². The molecule has 1 amide bonds. The van der Waals surface area contributed by atoms with Gasteiger partial charge in [0.15, 0.2) is 0 Å². The number of nitriles is 1. The monoisotopic (exact) mass is 179 g/mol. The van der Waals surface area contributed by atoms with Crippen molar-refractivity contribution in [1.82, 2.24) is 0 Å². The fraction of sp³-hybridized carbons (Fsp3) is 0.333. The lowest BCUT2D eigenvalue weighted by Gasteiger charge is -2.11. The van der Waals surface area contributed by atoms with Crippen molar-refractivity contribution in [2.45, 2.75) is 4.87 Å². The third-order valence-electron chi connectivity index (χ3n) is 0.939. The van der Waals surface area contributed by atoms with Gasteiger partial charge in [-0.05, 0) is 0 Å². The van der Waals surface area contributed by atoms with Gasteiger partial charge in [0, 0.05) is 0 Å². The Bertz CT molecular complexity index is 314. The number of amides is 1. The number of hydrogen-bond acceptors (Lipinski definition) is 5. The molecule has 0 spiro atoms. The van der Waals surface area contributed by atoms with Gasteiger partial charge in [-0.15, -0.1) is 0 Å². The molecule has 0 aliphatic heterocycles. The van der Waals surface area contributed by atoms with E-state index < -0.39 is 20.9 Å². The molecule has 0 aliphatic carbocycles. The first-order valence-electron chi connectivity index (χ1n) is 2.23. The van der Waals surface area contributed by atoms with Crippen LogP contribution in [0.15, 0.2) is 0 Å². The first-order valence-corrected chi connectivity index (χ1v) is 3.67. The Labute approximate surface area is 62.3 Å². The molecule has 0 aromatic rings. The van der Waals surface area contributed by atoms with Crippen LogP contribution in [0, 0.1) is 11.3 Å². The molecular weight excluding hydrogens is 174 g/mol. The maximum Gasteiger partial charge on any atom is 0.309 e. The van der Waals surface area contributed by atoms with Gasteiger partial charge in [-0.25, -0.2) is 0 Å². The third-order valence-corrected chi connectivity index (χ3v) is 2.05. The predicted molar refractivity (Wildman–Crippen MR) is 33.3 cm³/mol. The highest BCUT2D eigenvalue weighted by atomic mass is 32.2. The second-order valence-electron chi connectivity index (χ2n) is 1.69. The minimum Gasteiger partial charge on any atom is -0.366 e. The zero-order valence-electron chi connectivity index (χ0n) is 5.18. The maximum atomic E-state index is 10.2. The lowest BCUT2D eigenvalue weighted by atomic mass is 10.3. The van der Waals surface area contributed by atoms with Crippen LogP contribution >= 0.6 is 0 Å². The highest BCUT2D eigenvalue weighted by molar-refractivity contribution is 7.88. The summed E-state index contributed by atoms with van der Waals surface area (Å²) in [5.74, 6) is -1.62. The number of carbonyl (C=O) groups excluding carboxylic acids is 1. The summed E-state index contributed by atoms with van der Waals surface area (Å²) >= 11 is 0. The Balaban J connectivity index is 5.32. The van der Waals surface area contributed by atoms with Crippen LogP contribution in [0.25, 0.3) is 0 Å². The van der Waals surface area contributed by atoms with Crippen LogP contribution in [0.1, 0.15) is 0 Å². The zero-order chi connectivity index (χ0) is 9.28. The van der Waals surface area contributed by atoms with Crippen LogP contribution in [-0.4, -0.2) is 23.7 Å². The fourth-order valence-corrected chi connectivity index (χ4v) is 0.609. The van der Waals surface area contributed by atoms with Crippen molar-refractivity contribution in [2.24, 2.45) is 11.5 Å². The van der Waals surface area contributed by atoms with Crippen molar-refractivity contribution in [3.63, 3.8) is 0 Å². The normalized spacial score (nSPS) is 16.5. The number of primary amides is 1. The molecule has 0 heterocycles. The lowest BCUT2D eigenvalue weighted by Crippen LogP contribution is -2.56. The van der Waals surface area contributed by atoms with E-state index in [0.29, 0.717) is 0 Å². The Morgan fingerprint density at radius 3 is 2.00 bits per heavy atom. The summed E-state index contributed by atoms with van der Waals surface area (Å²) in [6.07, 6.45) is 0. The Kier molecular flexibility index (Phi) is 2.20. The average molecular weight is 179 g/mol. The molecule has 0 saturated heterocycles. The molecule has 0 rings (SSSR count). The van der Waals surface area contributed by atoms with Crippen LogP contribution in [-0.2, 0) is 14.9 Å². The fourth-order valence-electron chi connectivity index (χ4n) is 0.240. The molecule has 62 valence electrons. The van der Waals surface area contributed by atoms with E-state index in [2.05, 4.69) is 11.5 Å². The molecule has 7 nitrogen and oxygen atoms in total. The zero-order valence-corrected chi connectivity index (χ0v) is 6.00. The second-order valence-corrected chi connectivity index (χ2v) is 3.28. The summed E-state index contributed by atoms with van der Waals surface area (Å²) in [7, 11) is -4.97. The molecule has 0 saturated carbocycles. The SMILES string of the molecule is N#CC(N)(C(N)=O)S(=O)(=O)O. The summed E-state index contributed by atoms with van der Waals surface area (Å²) < 4.78 is 28.7. The molecule has 0 aliphatic rings. The van der Waals surface area contributed by atoms with Gasteiger partial charge < -0.3 is 5.73 Å². The Morgan fingerprint density at radius 1 is 1.64 bits per heavy atom. The van der Waals surface area contributed by atoms with E-state index in [1.807, 2.05) is 0 Å². The van der Waals surface area contributed by atoms with Gasteiger partial charge >= 0.3 is 15.0 Å². The van der Waals surface area contributed by atoms with Crippen LogP contribution in [0.3, 0.4) is 0 Å². The van der Waals surface area contributed by atoms with E-state index >= 15 is 0 Å². The first kappa shape index (κ1) is 9.83. The molecule has 1 atom stereocenters. The number of nitrogens with zero attached hydrogens (tertiary/aromatic N) is 1. The van der Waals surface area contributed by atoms with Gasteiger partial charge in [0.25, 0.3) is 5.91 Å². The smallest absolute Gasteiger partial charge is 0.309 e. The highest BCUT2D eigenvalue weighted by Crippen LogP contribution is 2.05. The minimum atomic E-state index is -4.97. The van der Waals surface area contributed by atoms with Crippen LogP contribution in [0.5, 0.6) is 0 Å². The van der Waals surface area contributed by atoms with Crippen molar-refractivity contribution >= 4 is 16.0 Å². The van der Waals surface area contributed by atoms with Crippen LogP contribution in [0.2, 0.25) is 0 Å². The topological polar surface area (TPSA) is 147 Å². The summed E-state index contributed by atoms with van der Waals surface area (Å²) in [5, 5.41) is 8.08. The molecule has 5 N–H and O–H groups in total. The molecule has 0 fully saturated rings. The summed E-state index contributed by atoms with van der Waals surface area (Å²) in [6.45, 7) is 0. The Hall–Kier alpha value is -1.17. The number of hydrogen-bond donors (Lipinski definition) is 3. The van der Waals surface area contributed by atoms with E-state index in [4.69, 9.17) is 9.81 Å². The molecule has 8 heteroatoms. The molecule has 0 radical (unpaired) electrons. The summed E-state index contributed by atoms with van der Waals surface area (Å²) in [5.41, 5.74) is 9.09. The van der Waals surface area contributed by atoms with Crippen LogP contribution in [0.4, 0.5) is 0 Å². The number of nitrogens with two attached hydrogens (primary N) is 2. The highest BCUT2D eigenvalue weighted by Gasteiger charge is 2.45. The van der Waals surface area contributed by atoms with Gasteiger partial charge in [0.2, 0.25) is 0 Å². The van der Waals surface area contributed by atoms with Crippen molar-refractivity contribution in [1.29, 1.82) is 5.26 Å². The summed E-state index contributed by atoms with van der Waals surface area (Å²) in [4.78, 5) is 7.19. The third kappa shape index (κ3) is 1.45. The standard InChI is InChI=1S/C3H5N3O4S/c4-1-3(6,2(5)7)11(8,9)10/h6H2,(H2,5,7)(H,8,9,10). The first-order chi connectivity index (χ1) is 4.75. The van der Waals surface area contributed by atoms with E-state index in [0.717, 1.165) is 6.07 Å². The van der Waals surface area contributed by atoms with Crippen molar-refractivity contribution in [2.75, 3.05) is 0 Å². The largest absolute Gasteiger partial charge is 0.366 e. The second kappa shape index (κ2) is 2.46. The molecule has 0 aromatic carbocycles. The molecule has 0 bridgehead atoms. The van der Waals surface area contributed by atoms with E-state index in [1.54, 1.807) is 0 Å². The van der Waals surface area contributed by atoms with E-state index in [1.165, 1.54) is 0 Å². The van der Waals surface area contributed by atoms with Gasteiger partial charge in [-0.2, -0.15) is 13.7 Å². The van der Waals surface area contributed by atoms with Gasteiger partial charge in [-0.3, -0.25) is 15.1 Å². The molecule has 0 aromatic heterocycles. The predicted octanol–water partition coefficient (Wildman–Crippen LogP) is -2.46. The molecular formula is C3H5N3O4S. The van der Waals surface area contributed by atoms with Gasteiger partial charge in [-0.1, -0.05) is 0 Å². The lowest BCUT2D eigenvalue weighted by molar-refractivity contribution is -0.119. The summed E-state index contributed by atoms with van der Waals surface area (Å²) in [6, 6.07) is 0.883. The number of carbonyl (C=O) groups is 1. The quantitative estimate of drug-likeness (QED) is 0.400. The average Bonchev–Trinajstić information content (AvgIpc) is 1.83. The molecule has 1 unspecified atom stereocenters. The van der Waals surface area contributed by atoms with Crippen molar-refractivity contribution < 1.29 is 17.8 Å². The van der Waals surface area contributed by atoms with Crippen molar-refractivity contribution in [3.8, 4) is 6.07 Å². The minimum absolute atomic E-state index is 0.883. The van der Waals surface area contributed by atoms with E-state index in [-0.39, 0.29) is 0 Å². The maximum absolute atomic E-state index is 10.2. The number of rotatable bonds is 2. The molecule has 11 heavy (non-hydrogen) atoms.